The average molecular weight is 461 g/mol. The van der Waals surface area contributed by atoms with Crippen LogP contribution in [0.4, 0.5) is 19.0 Å². The molecule has 0 spiro atoms. The lowest BCUT2D eigenvalue weighted by Crippen LogP contribution is -2.38. The van der Waals surface area contributed by atoms with Crippen molar-refractivity contribution < 1.29 is 13.2 Å². The number of aromatic nitrogens is 8. The summed E-state index contributed by atoms with van der Waals surface area (Å²) >= 11 is 1.43. The highest BCUT2D eigenvalue weighted by atomic mass is 32.1. The van der Waals surface area contributed by atoms with Crippen molar-refractivity contribution in [3.8, 4) is 27.8 Å². The van der Waals surface area contributed by atoms with E-state index in [0.717, 1.165) is 5.01 Å². The van der Waals surface area contributed by atoms with Crippen molar-refractivity contribution in [3.63, 3.8) is 0 Å². The van der Waals surface area contributed by atoms with Gasteiger partial charge < -0.3 is 4.90 Å². The fourth-order valence-electron chi connectivity index (χ4n) is 3.92. The Balaban J connectivity index is 1.65. The topological polar surface area (TPSA) is 101 Å². The van der Waals surface area contributed by atoms with Gasteiger partial charge in [0.25, 0.3) is 0 Å². The highest BCUT2D eigenvalue weighted by Crippen LogP contribution is 2.41. The average Bonchev–Trinajstić information content (AvgIpc) is 3.51. The first-order valence-electron chi connectivity index (χ1n) is 9.93. The molecule has 0 radical (unpaired) electrons. The number of hydrogen-bond donors (Lipinski definition) is 1. The molecule has 1 N–H and O–H groups in total. The first kappa shape index (κ1) is 20.5. The van der Waals surface area contributed by atoms with Gasteiger partial charge in [0.1, 0.15) is 22.2 Å². The zero-order valence-electron chi connectivity index (χ0n) is 17.1. The summed E-state index contributed by atoms with van der Waals surface area (Å²) in [7, 11) is 0. The summed E-state index contributed by atoms with van der Waals surface area (Å²) in [5, 5.41) is 18.0. The van der Waals surface area contributed by atoms with Gasteiger partial charge in [-0.05, 0) is 13.3 Å². The lowest BCUT2D eigenvalue weighted by Gasteiger charge is -2.37. The Morgan fingerprint density at radius 2 is 2.03 bits per heavy atom. The highest BCUT2D eigenvalue weighted by Gasteiger charge is 2.37. The minimum Gasteiger partial charge on any atom is -0.344 e. The Bertz CT molecular complexity index is 1250. The Morgan fingerprint density at radius 1 is 1.19 bits per heavy atom. The molecule has 0 bridgehead atoms. The van der Waals surface area contributed by atoms with Gasteiger partial charge in [-0.2, -0.15) is 18.3 Å². The monoisotopic (exact) mass is 461 g/mol. The number of aryl methyl sites for hydroxylation is 1. The Kier molecular flexibility index (Phi) is 4.92. The van der Waals surface area contributed by atoms with E-state index < -0.39 is 18.6 Å². The predicted molar refractivity (Wildman–Crippen MR) is 111 cm³/mol. The van der Waals surface area contributed by atoms with Crippen LogP contribution in [0.2, 0.25) is 0 Å². The molecule has 0 fully saturated rings. The summed E-state index contributed by atoms with van der Waals surface area (Å²) in [5.41, 5.74) is 1.83. The number of halogens is 3. The third kappa shape index (κ3) is 3.42. The van der Waals surface area contributed by atoms with E-state index >= 15 is 0 Å². The summed E-state index contributed by atoms with van der Waals surface area (Å²) < 4.78 is 41.2. The molecular formula is C19H18F3N9S. The number of thiazole rings is 1. The number of alkyl halides is 3. The SMILES string of the molecule is CCC1c2nnc(C)n2-c2cnc(-c3cn[nH]c3-c3nccs3)nc2N1CCC(F)(F)F. The van der Waals surface area contributed by atoms with E-state index in [1.807, 2.05) is 16.9 Å². The summed E-state index contributed by atoms with van der Waals surface area (Å²) in [6.45, 7) is 3.45. The van der Waals surface area contributed by atoms with E-state index in [4.69, 9.17) is 4.98 Å². The molecule has 5 rings (SSSR count). The summed E-state index contributed by atoms with van der Waals surface area (Å²) in [5.74, 6) is 1.97. The van der Waals surface area contributed by atoms with Crippen molar-refractivity contribution in [3.05, 3.63) is 35.6 Å². The van der Waals surface area contributed by atoms with Gasteiger partial charge in [-0.1, -0.05) is 6.92 Å². The number of aromatic amines is 1. The second-order valence-corrected chi connectivity index (χ2v) is 8.22. The van der Waals surface area contributed by atoms with Crippen LogP contribution in [0, 0.1) is 6.92 Å². The highest BCUT2D eigenvalue weighted by molar-refractivity contribution is 7.13. The summed E-state index contributed by atoms with van der Waals surface area (Å²) in [4.78, 5) is 15.2. The number of nitrogens with one attached hydrogen (secondary N) is 1. The van der Waals surface area contributed by atoms with Crippen LogP contribution in [0.1, 0.15) is 37.5 Å². The fraction of sp³-hybridized carbons (Fsp3) is 0.368. The maximum absolute atomic E-state index is 13.1. The van der Waals surface area contributed by atoms with Crippen LogP contribution in [0.15, 0.2) is 24.0 Å². The first-order valence-corrected chi connectivity index (χ1v) is 10.8. The molecule has 166 valence electrons. The third-order valence-corrected chi connectivity index (χ3v) is 6.13. The normalized spacial score (nSPS) is 15.7. The summed E-state index contributed by atoms with van der Waals surface area (Å²) in [6.07, 6.45) is 0.157. The zero-order chi connectivity index (χ0) is 22.5. The number of anilines is 1. The predicted octanol–water partition coefficient (Wildman–Crippen LogP) is 4.10. The molecular weight excluding hydrogens is 443 g/mol. The molecule has 1 unspecified atom stereocenters. The van der Waals surface area contributed by atoms with Crippen LogP contribution in [0.5, 0.6) is 0 Å². The number of H-pyrrole nitrogens is 1. The molecule has 1 aliphatic rings. The first-order chi connectivity index (χ1) is 15.4. The lowest BCUT2D eigenvalue weighted by atomic mass is 10.1. The van der Waals surface area contributed by atoms with Crippen molar-refractivity contribution in [2.75, 3.05) is 11.4 Å². The quantitative estimate of drug-likeness (QED) is 0.477. The second kappa shape index (κ2) is 7.65. The van der Waals surface area contributed by atoms with E-state index in [-0.39, 0.29) is 6.54 Å². The number of fused-ring (bicyclic) bond motifs is 3. The van der Waals surface area contributed by atoms with Crippen LogP contribution < -0.4 is 4.90 Å². The van der Waals surface area contributed by atoms with Crippen molar-refractivity contribution in [2.24, 2.45) is 0 Å². The standard InChI is InChI=1S/C19H18F3N9S/c1-3-12-17-29-27-10(2)31(17)13-9-24-15(26-16(13)30(12)6-4-19(20,21)22)11-8-25-28-14(11)18-23-5-7-32-18/h5,7-9,12H,3-4,6H2,1-2H3,(H,25,28). The molecule has 0 saturated carbocycles. The molecule has 5 heterocycles. The van der Waals surface area contributed by atoms with Crippen LogP contribution in [0.3, 0.4) is 0 Å². The molecule has 9 nitrogen and oxygen atoms in total. The van der Waals surface area contributed by atoms with E-state index in [1.54, 1.807) is 30.4 Å². The third-order valence-electron chi connectivity index (χ3n) is 5.34. The molecule has 32 heavy (non-hydrogen) atoms. The van der Waals surface area contributed by atoms with Crippen molar-refractivity contribution in [1.82, 2.24) is 39.9 Å². The van der Waals surface area contributed by atoms with Crippen LogP contribution in [-0.4, -0.2) is 52.6 Å². The van der Waals surface area contributed by atoms with Crippen molar-refractivity contribution in [2.45, 2.75) is 38.9 Å². The van der Waals surface area contributed by atoms with E-state index in [0.29, 0.717) is 46.7 Å². The van der Waals surface area contributed by atoms with E-state index in [1.165, 1.54) is 11.3 Å². The molecule has 0 aromatic carbocycles. The minimum atomic E-state index is -4.29. The smallest absolute Gasteiger partial charge is 0.344 e. The van der Waals surface area contributed by atoms with Crippen LogP contribution in [-0.2, 0) is 0 Å². The van der Waals surface area contributed by atoms with Gasteiger partial charge >= 0.3 is 6.18 Å². The van der Waals surface area contributed by atoms with Gasteiger partial charge in [0.2, 0.25) is 0 Å². The molecule has 0 saturated heterocycles. The fourth-order valence-corrected chi connectivity index (χ4v) is 4.57. The van der Waals surface area contributed by atoms with E-state index in [2.05, 4.69) is 30.4 Å². The number of nitrogens with zero attached hydrogens (tertiary/aromatic N) is 8. The maximum Gasteiger partial charge on any atom is 0.390 e. The Hall–Kier alpha value is -3.35. The maximum atomic E-state index is 13.1. The number of rotatable bonds is 5. The number of hydrogen-bond acceptors (Lipinski definition) is 8. The molecule has 0 aliphatic carbocycles. The Labute approximate surface area is 184 Å². The molecule has 13 heteroatoms. The van der Waals surface area contributed by atoms with Gasteiger partial charge in [-0.3, -0.25) is 9.67 Å². The van der Waals surface area contributed by atoms with Crippen LogP contribution >= 0.6 is 11.3 Å². The largest absolute Gasteiger partial charge is 0.390 e. The van der Waals surface area contributed by atoms with Gasteiger partial charge in [0, 0.05) is 18.1 Å². The van der Waals surface area contributed by atoms with Crippen LogP contribution in [0.25, 0.3) is 27.8 Å². The van der Waals surface area contributed by atoms with Crippen molar-refractivity contribution >= 4 is 17.2 Å². The minimum absolute atomic E-state index is 0.248. The van der Waals surface area contributed by atoms with Gasteiger partial charge in [-0.25, -0.2) is 15.0 Å². The lowest BCUT2D eigenvalue weighted by molar-refractivity contribution is -0.132. The van der Waals surface area contributed by atoms with Gasteiger partial charge in [-0.15, -0.1) is 21.5 Å². The second-order valence-electron chi connectivity index (χ2n) is 7.32. The molecule has 4 aromatic heterocycles. The molecule has 0 amide bonds. The molecule has 1 atom stereocenters. The van der Waals surface area contributed by atoms with Gasteiger partial charge in [0.15, 0.2) is 17.5 Å². The van der Waals surface area contributed by atoms with Crippen molar-refractivity contribution in [1.29, 1.82) is 0 Å². The molecule has 4 aromatic rings. The van der Waals surface area contributed by atoms with Gasteiger partial charge in [0.05, 0.1) is 30.4 Å². The summed E-state index contributed by atoms with van der Waals surface area (Å²) in [6, 6.07) is -0.392. The Morgan fingerprint density at radius 3 is 2.75 bits per heavy atom. The molecule has 1 aliphatic heterocycles. The van der Waals surface area contributed by atoms with E-state index in [9.17, 15) is 13.2 Å². The zero-order valence-corrected chi connectivity index (χ0v) is 17.9.